The molecule has 0 heterocycles. The van der Waals surface area contributed by atoms with Gasteiger partial charge >= 0.3 is 0 Å². The predicted octanol–water partition coefficient (Wildman–Crippen LogP) is 6.39. The van der Waals surface area contributed by atoms with E-state index in [0.717, 1.165) is 23.1 Å². The van der Waals surface area contributed by atoms with E-state index in [4.69, 9.17) is 5.21 Å². The largest absolute Gasteiger partial charge is 0.592 e. The molecule has 5 nitrogen and oxygen atoms in total. The fourth-order valence-corrected chi connectivity index (χ4v) is 3.95. The maximum atomic E-state index is 12.1. The smallest absolute Gasteiger partial charge is 0.252 e. The van der Waals surface area contributed by atoms with Crippen molar-refractivity contribution in [2.45, 2.75) is 13.3 Å². The highest BCUT2D eigenvalue weighted by molar-refractivity contribution is 5.84. The number of allylic oxidation sites excluding steroid dienone is 3. The molecule has 0 saturated carbocycles. The molecule has 0 bridgehead atoms. The zero-order valence-electron chi connectivity index (χ0n) is 16.6. The van der Waals surface area contributed by atoms with Crippen LogP contribution in [0.5, 0.6) is 5.75 Å². The number of phenolic OH excluding ortho intramolecular Hbond substituents is 1. The molecule has 1 aliphatic carbocycles. The van der Waals surface area contributed by atoms with Crippen LogP contribution in [0.2, 0.25) is 0 Å². The van der Waals surface area contributed by atoms with Crippen LogP contribution >= 0.6 is 0 Å². The van der Waals surface area contributed by atoms with E-state index in [9.17, 15) is 10.3 Å². The molecule has 1 aliphatic rings. The number of hydrogen-bond donors (Lipinski definition) is 2. The third-order valence-corrected chi connectivity index (χ3v) is 5.43. The Morgan fingerprint density at radius 1 is 0.900 bits per heavy atom. The molecule has 3 aromatic carbocycles. The lowest BCUT2D eigenvalue weighted by molar-refractivity contribution is -0.502. The van der Waals surface area contributed by atoms with Gasteiger partial charge < -0.3 is 15.5 Å². The van der Waals surface area contributed by atoms with Crippen molar-refractivity contribution in [1.82, 2.24) is 0 Å². The maximum Gasteiger partial charge on any atom is 0.252 e. The molecular weight excluding hydrogens is 376 g/mol. The number of nitrogens with zero attached hydrogens (tertiary/aromatic N) is 2. The van der Waals surface area contributed by atoms with Crippen LogP contribution in [0.1, 0.15) is 18.9 Å². The zero-order valence-corrected chi connectivity index (χ0v) is 16.6. The Morgan fingerprint density at radius 3 is 2.33 bits per heavy atom. The van der Waals surface area contributed by atoms with E-state index < -0.39 is 0 Å². The first-order valence-corrected chi connectivity index (χ1v) is 9.81. The van der Waals surface area contributed by atoms with Gasteiger partial charge in [-0.25, -0.2) is 0 Å². The van der Waals surface area contributed by atoms with Crippen LogP contribution in [0.4, 0.5) is 0 Å². The molecule has 1 unspecified atom stereocenters. The van der Waals surface area contributed by atoms with Gasteiger partial charge in [0.05, 0.1) is 0 Å². The second kappa shape index (κ2) is 8.25. The number of hydroxylamine groups is 1. The average molecular weight is 398 g/mol. The van der Waals surface area contributed by atoms with Crippen LogP contribution in [0, 0.1) is 11.1 Å². The fourth-order valence-electron chi connectivity index (χ4n) is 3.95. The Bertz CT molecular complexity index is 1160. The quantitative estimate of drug-likeness (QED) is 0.304. The van der Waals surface area contributed by atoms with Gasteiger partial charge in [-0.15, -0.1) is 0 Å². The van der Waals surface area contributed by atoms with E-state index in [0.29, 0.717) is 16.7 Å². The van der Waals surface area contributed by atoms with Gasteiger partial charge in [-0.1, -0.05) is 79.7 Å². The number of para-hydroxylation sites is 1. The SMILES string of the molecule is CC1CC=CC([N+]([O-])=NO)=C1c1cccc(-c2cccc(-c3ccccc3)c2)c1O. The standard InChI is InChI=1S/C25H22N2O3/c1-17-8-5-15-23(27(30)26-29)24(17)22-14-7-13-21(25(22)28)20-12-6-11-19(16-20)18-9-3-2-4-10-18/h2-7,9-17,28-29H,8H2,1H3. The van der Waals surface area contributed by atoms with E-state index in [1.807, 2.05) is 79.7 Å². The molecule has 0 amide bonds. The van der Waals surface area contributed by atoms with Crippen LogP contribution in [0.3, 0.4) is 0 Å². The molecule has 0 fully saturated rings. The Labute approximate surface area is 175 Å². The maximum absolute atomic E-state index is 12.1. The highest BCUT2D eigenvalue weighted by Gasteiger charge is 2.27. The van der Waals surface area contributed by atoms with Crippen molar-refractivity contribution in [3.05, 3.63) is 101 Å². The molecule has 5 heteroatoms. The van der Waals surface area contributed by atoms with E-state index in [1.54, 1.807) is 12.1 Å². The topological polar surface area (TPSA) is 78.9 Å². The zero-order chi connectivity index (χ0) is 21.1. The molecule has 2 N–H and O–H groups in total. The van der Waals surface area contributed by atoms with E-state index in [2.05, 4.69) is 5.28 Å². The van der Waals surface area contributed by atoms with Crippen molar-refractivity contribution in [3.63, 3.8) is 0 Å². The Balaban J connectivity index is 1.85. The van der Waals surface area contributed by atoms with Gasteiger partial charge in [0.15, 0.2) is 0 Å². The molecule has 150 valence electrons. The summed E-state index contributed by atoms with van der Waals surface area (Å²) < 4.78 is 0. The molecule has 0 aromatic heterocycles. The van der Waals surface area contributed by atoms with Crippen molar-refractivity contribution in [1.29, 1.82) is 0 Å². The predicted molar refractivity (Wildman–Crippen MR) is 117 cm³/mol. The third kappa shape index (κ3) is 3.57. The number of aromatic hydroxyl groups is 1. The van der Waals surface area contributed by atoms with Gasteiger partial charge in [-0.2, -0.15) is 0 Å². The molecular formula is C25H22N2O3. The summed E-state index contributed by atoms with van der Waals surface area (Å²) in [6.07, 6.45) is 4.22. The van der Waals surface area contributed by atoms with Crippen LogP contribution in [0.25, 0.3) is 27.8 Å². The second-order valence-electron chi connectivity index (χ2n) is 7.35. The van der Waals surface area contributed by atoms with Gasteiger partial charge in [0.1, 0.15) is 5.75 Å². The molecule has 30 heavy (non-hydrogen) atoms. The highest BCUT2D eigenvalue weighted by Crippen LogP contribution is 2.42. The summed E-state index contributed by atoms with van der Waals surface area (Å²) in [4.78, 5) is 0.184. The average Bonchev–Trinajstić information content (AvgIpc) is 2.79. The van der Waals surface area contributed by atoms with Crippen LogP contribution in [-0.4, -0.2) is 15.2 Å². The molecule has 0 radical (unpaired) electrons. The van der Waals surface area contributed by atoms with Gasteiger partial charge in [0.25, 0.3) is 5.70 Å². The fraction of sp³-hybridized carbons (Fsp3) is 0.120. The van der Waals surface area contributed by atoms with Gasteiger partial charge in [-0.3, -0.25) is 0 Å². The molecule has 3 aromatic rings. The summed E-state index contributed by atoms with van der Waals surface area (Å²) in [5.74, 6) is 0.0868. The number of benzene rings is 3. The second-order valence-corrected chi connectivity index (χ2v) is 7.35. The first kappa shape index (κ1) is 19.5. The Kier molecular flexibility index (Phi) is 5.35. The van der Waals surface area contributed by atoms with E-state index in [-0.39, 0.29) is 22.2 Å². The van der Waals surface area contributed by atoms with Crippen molar-refractivity contribution < 1.29 is 15.2 Å². The van der Waals surface area contributed by atoms with Crippen molar-refractivity contribution in [2.24, 2.45) is 11.2 Å². The molecule has 0 spiro atoms. The van der Waals surface area contributed by atoms with E-state index >= 15 is 0 Å². The summed E-state index contributed by atoms with van der Waals surface area (Å²) in [6, 6.07) is 23.6. The monoisotopic (exact) mass is 398 g/mol. The lowest BCUT2D eigenvalue weighted by atomic mass is 9.84. The number of rotatable bonds is 4. The molecule has 4 rings (SSSR count). The summed E-state index contributed by atoms with van der Waals surface area (Å²) in [5, 5.41) is 35.0. The Hall–Kier alpha value is -3.86. The third-order valence-electron chi connectivity index (χ3n) is 5.43. The lowest BCUT2D eigenvalue weighted by Gasteiger charge is -2.21. The van der Waals surface area contributed by atoms with Gasteiger partial charge in [0, 0.05) is 22.8 Å². The lowest BCUT2D eigenvalue weighted by Crippen LogP contribution is -2.11. The minimum absolute atomic E-state index is 0.0139. The van der Waals surface area contributed by atoms with Crippen molar-refractivity contribution >= 4 is 5.57 Å². The van der Waals surface area contributed by atoms with Gasteiger partial charge in [0.2, 0.25) is 5.28 Å². The van der Waals surface area contributed by atoms with Crippen molar-refractivity contribution in [3.8, 4) is 28.0 Å². The van der Waals surface area contributed by atoms with Crippen LogP contribution in [-0.2, 0) is 0 Å². The van der Waals surface area contributed by atoms with Crippen LogP contribution in [0.15, 0.2) is 95.9 Å². The summed E-state index contributed by atoms with van der Waals surface area (Å²) in [7, 11) is 0. The summed E-state index contributed by atoms with van der Waals surface area (Å²) in [6.45, 7) is 1.98. The van der Waals surface area contributed by atoms with Crippen LogP contribution < -0.4 is 0 Å². The highest BCUT2D eigenvalue weighted by atomic mass is 16.6. The molecule has 0 saturated heterocycles. The Morgan fingerprint density at radius 2 is 1.57 bits per heavy atom. The number of hydrogen-bond acceptors (Lipinski definition) is 3. The summed E-state index contributed by atoms with van der Waals surface area (Å²) in [5.41, 5.74) is 5.15. The first-order chi connectivity index (χ1) is 14.6. The first-order valence-electron chi connectivity index (χ1n) is 9.81. The van der Waals surface area contributed by atoms with Gasteiger partial charge in [-0.05, 0) is 40.0 Å². The normalized spacial score (nSPS) is 16.7. The minimum Gasteiger partial charge on any atom is -0.592 e. The molecule has 1 atom stereocenters. The van der Waals surface area contributed by atoms with Crippen molar-refractivity contribution in [2.75, 3.05) is 0 Å². The van der Waals surface area contributed by atoms with E-state index in [1.165, 1.54) is 0 Å². The molecule has 0 aliphatic heterocycles. The number of phenols is 1. The minimum atomic E-state index is -0.0139. The summed E-state index contributed by atoms with van der Waals surface area (Å²) >= 11 is 0.